The summed E-state index contributed by atoms with van der Waals surface area (Å²) in [6.45, 7) is 2.70. The summed E-state index contributed by atoms with van der Waals surface area (Å²) < 4.78 is 0. The Hall–Kier alpha value is -1.30. The highest BCUT2D eigenvalue weighted by Gasteiger charge is 2.33. The third-order valence-electron chi connectivity index (χ3n) is 2.86. The zero-order valence-electron chi connectivity index (χ0n) is 9.84. The van der Waals surface area contributed by atoms with Crippen molar-refractivity contribution in [2.75, 3.05) is 27.2 Å². The molecule has 2 unspecified atom stereocenters. The van der Waals surface area contributed by atoms with E-state index >= 15 is 0 Å². The van der Waals surface area contributed by atoms with E-state index in [9.17, 15) is 9.59 Å². The smallest absolute Gasteiger partial charge is 0.407 e. The van der Waals surface area contributed by atoms with Gasteiger partial charge in [0.2, 0.25) is 0 Å². The maximum absolute atomic E-state index is 11.8. The Morgan fingerprint density at radius 3 is 2.56 bits per heavy atom. The number of carboxylic acid groups (broad SMARTS) is 1. The van der Waals surface area contributed by atoms with Gasteiger partial charge in [0.25, 0.3) is 5.91 Å². The molecule has 1 aliphatic heterocycles. The minimum Gasteiger partial charge on any atom is -0.465 e. The van der Waals surface area contributed by atoms with Crippen molar-refractivity contribution in [1.29, 1.82) is 0 Å². The number of piperidine rings is 1. The summed E-state index contributed by atoms with van der Waals surface area (Å²) in [5.74, 6) is -0.269. The number of likely N-dealkylation sites (tertiary alicyclic amines) is 1. The van der Waals surface area contributed by atoms with Crippen molar-refractivity contribution in [3.63, 3.8) is 0 Å². The monoisotopic (exact) mass is 230 g/mol. The van der Waals surface area contributed by atoms with Crippen molar-refractivity contribution >= 4 is 12.0 Å². The Balaban J connectivity index is 2.67. The van der Waals surface area contributed by atoms with Gasteiger partial charge in [0.15, 0.2) is 0 Å². The molecule has 0 aromatic carbocycles. The van der Waals surface area contributed by atoms with Crippen LogP contribution in [-0.2, 0) is 9.63 Å². The molecule has 0 radical (unpaired) electrons. The van der Waals surface area contributed by atoms with Crippen molar-refractivity contribution < 1.29 is 19.5 Å². The van der Waals surface area contributed by atoms with Crippen molar-refractivity contribution in [3.8, 4) is 0 Å². The first-order valence-corrected chi connectivity index (χ1v) is 5.25. The van der Waals surface area contributed by atoms with E-state index in [1.165, 1.54) is 19.1 Å². The van der Waals surface area contributed by atoms with E-state index in [1.54, 1.807) is 0 Å². The van der Waals surface area contributed by atoms with Crippen LogP contribution >= 0.6 is 0 Å². The van der Waals surface area contributed by atoms with Gasteiger partial charge in [0.1, 0.15) is 0 Å². The molecule has 0 aliphatic carbocycles. The van der Waals surface area contributed by atoms with Gasteiger partial charge in [0, 0.05) is 20.1 Å². The van der Waals surface area contributed by atoms with Crippen LogP contribution in [0.15, 0.2) is 0 Å². The molecule has 2 amide bonds. The normalized spacial score (nSPS) is 25.3. The second-order valence-corrected chi connectivity index (χ2v) is 4.24. The van der Waals surface area contributed by atoms with Gasteiger partial charge in [-0.15, -0.1) is 0 Å². The second-order valence-electron chi connectivity index (χ2n) is 4.24. The molecule has 1 rings (SSSR count). The molecule has 0 aromatic rings. The largest absolute Gasteiger partial charge is 0.465 e. The van der Waals surface area contributed by atoms with Crippen LogP contribution in [0.2, 0.25) is 0 Å². The zero-order valence-corrected chi connectivity index (χ0v) is 9.84. The third-order valence-corrected chi connectivity index (χ3v) is 2.86. The van der Waals surface area contributed by atoms with Gasteiger partial charge in [-0.2, -0.15) is 0 Å². The van der Waals surface area contributed by atoms with Crippen LogP contribution in [0, 0.1) is 11.8 Å². The molecule has 1 fully saturated rings. The lowest BCUT2D eigenvalue weighted by Gasteiger charge is -2.35. The molecule has 0 bridgehead atoms. The average molecular weight is 230 g/mol. The molecule has 16 heavy (non-hydrogen) atoms. The van der Waals surface area contributed by atoms with E-state index < -0.39 is 6.09 Å². The van der Waals surface area contributed by atoms with Crippen LogP contribution in [0.5, 0.6) is 0 Å². The number of nitrogens with zero attached hydrogens (tertiary/aromatic N) is 2. The average Bonchev–Trinajstić information content (AvgIpc) is 2.26. The van der Waals surface area contributed by atoms with Crippen molar-refractivity contribution in [1.82, 2.24) is 9.96 Å². The van der Waals surface area contributed by atoms with Gasteiger partial charge in [-0.05, 0) is 12.3 Å². The van der Waals surface area contributed by atoms with E-state index in [0.29, 0.717) is 13.0 Å². The van der Waals surface area contributed by atoms with Crippen LogP contribution in [0.4, 0.5) is 4.79 Å². The maximum atomic E-state index is 11.8. The molecule has 1 N–H and O–H groups in total. The van der Waals surface area contributed by atoms with E-state index in [-0.39, 0.29) is 24.3 Å². The number of rotatable bonds is 2. The number of hydrogen-bond donors (Lipinski definition) is 1. The lowest BCUT2D eigenvalue weighted by Crippen LogP contribution is -2.47. The van der Waals surface area contributed by atoms with E-state index in [1.807, 2.05) is 6.92 Å². The summed E-state index contributed by atoms with van der Waals surface area (Å²) in [5, 5.41) is 10.1. The Morgan fingerprint density at radius 1 is 1.44 bits per heavy atom. The fraction of sp³-hybridized carbons (Fsp3) is 0.800. The molecule has 0 aromatic heterocycles. The Kier molecular flexibility index (Phi) is 4.12. The SMILES string of the molecule is CON(C)C(=O)C1CC(C)CN(C(=O)O)C1. The molecular weight excluding hydrogens is 212 g/mol. The fourth-order valence-corrected chi connectivity index (χ4v) is 2.03. The summed E-state index contributed by atoms with van der Waals surface area (Å²) >= 11 is 0. The number of carbonyl (C=O) groups is 2. The molecule has 0 saturated carbocycles. The number of amides is 2. The highest BCUT2D eigenvalue weighted by Crippen LogP contribution is 2.23. The lowest BCUT2D eigenvalue weighted by atomic mass is 9.90. The molecule has 92 valence electrons. The Bertz CT molecular complexity index is 282. The van der Waals surface area contributed by atoms with Crippen LogP contribution in [0.25, 0.3) is 0 Å². The second kappa shape index (κ2) is 5.16. The Labute approximate surface area is 94.7 Å². The number of hydrogen-bond acceptors (Lipinski definition) is 3. The van der Waals surface area contributed by atoms with Crippen LogP contribution < -0.4 is 0 Å². The fourth-order valence-electron chi connectivity index (χ4n) is 2.03. The van der Waals surface area contributed by atoms with Gasteiger partial charge in [-0.1, -0.05) is 6.92 Å². The number of carbonyl (C=O) groups excluding carboxylic acids is 1. The predicted octanol–water partition coefficient (Wildman–Crippen LogP) is 0.642. The molecule has 1 aliphatic rings. The molecule has 1 saturated heterocycles. The molecule has 6 nitrogen and oxygen atoms in total. The van der Waals surface area contributed by atoms with Gasteiger partial charge in [0.05, 0.1) is 13.0 Å². The zero-order chi connectivity index (χ0) is 12.3. The van der Waals surface area contributed by atoms with Crippen molar-refractivity contribution in [3.05, 3.63) is 0 Å². The standard InChI is InChI=1S/C10H18N2O4/c1-7-4-8(9(13)11(2)16-3)6-12(5-7)10(14)15/h7-8H,4-6H2,1-3H3,(H,14,15). The highest BCUT2D eigenvalue weighted by atomic mass is 16.7. The third kappa shape index (κ3) is 2.85. The molecule has 0 spiro atoms. The van der Waals surface area contributed by atoms with E-state index in [4.69, 9.17) is 9.94 Å². The summed E-state index contributed by atoms with van der Waals surface area (Å²) in [6.07, 6.45) is -0.263. The topological polar surface area (TPSA) is 70.1 Å². The quantitative estimate of drug-likeness (QED) is 0.707. The molecular formula is C10H18N2O4. The first kappa shape index (κ1) is 12.8. The van der Waals surface area contributed by atoms with Crippen molar-refractivity contribution in [2.24, 2.45) is 11.8 Å². The lowest BCUT2D eigenvalue weighted by molar-refractivity contribution is -0.175. The van der Waals surface area contributed by atoms with Gasteiger partial charge < -0.3 is 10.0 Å². The summed E-state index contributed by atoms with van der Waals surface area (Å²) in [7, 11) is 2.95. The van der Waals surface area contributed by atoms with E-state index in [2.05, 4.69) is 0 Å². The highest BCUT2D eigenvalue weighted by molar-refractivity contribution is 5.78. The Morgan fingerprint density at radius 2 is 2.06 bits per heavy atom. The first-order valence-electron chi connectivity index (χ1n) is 5.25. The minimum atomic E-state index is -0.968. The van der Waals surface area contributed by atoms with Crippen LogP contribution in [0.1, 0.15) is 13.3 Å². The number of hydroxylamine groups is 2. The van der Waals surface area contributed by atoms with Crippen LogP contribution in [-0.4, -0.2) is 54.3 Å². The summed E-state index contributed by atoms with van der Waals surface area (Å²) in [5.41, 5.74) is 0. The molecule has 1 heterocycles. The van der Waals surface area contributed by atoms with Crippen LogP contribution in [0.3, 0.4) is 0 Å². The van der Waals surface area contributed by atoms with E-state index in [0.717, 1.165) is 5.06 Å². The van der Waals surface area contributed by atoms with Gasteiger partial charge in [-0.25, -0.2) is 9.86 Å². The predicted molar refractivity (Wildman–Crippen MR) is 56.6 cm³/mol. The van der Waals surface area contributed by atoms with Gasteiger partial charge >= 0.3 is 6.09 Å². The molecule has 2 atom stereocenters. The maximum Gasteiger partial charge on any atom is 0.407 e. The van der Waals surface area contributed by atoms with Gasteiger partial charge in [-0.3, -0.25) is 9.63 Å². The molecule has 6 heteroatoms. The first-order chi connectivity index (χ1) is 7.45. The summed E-state index contributed by atoms with van der Waals surface area (Å²) in [4.78, 5) is 28.8. The van der Waals surface area contributed by atoms with Crippen molar-refractivity contribution in [2.45, 2.75) is 13.3 Å². The minimum absolute atomic E-state index is 0.166. The summed E-state index contributed by atoms with van der Waals surface area (Å²) in [6, 6.07) is 0.